The van der Waals surface area contributed by atoms with Crippen LogP contribution in [-0.2, 0) is 16.0 Å². The normalized spacial score (nSPS) is 24.3. The van der Waals surface area contributed by atoms with Crippen LogP contribution in [-0.4, -0.2) is 47.8 Å². The van der Waals surface area contributed by atoms with E-state index < -0.39 is 30.6 Å². The van der Waals surface area contributed by atoms with Crippen LogP contribution in [0, 0.1) is 0 Å². The Kier molecular flexibility index (Phi) is 5.08. The molecule has 0 spiro atoms. The number of fused-ring (bicyclic) bond motifs is 1. The third-order valence-electron chi connectivity index (χ3n) is 4.70. The number of hydrogen-bond donors (Lipinski definition) is 0. The Morgan fingerprint density at radius 1 is 1.33 bits per heavy atom. The smallest absolute Gasteiger partial charge is 0.379 e. The van der Waals surface area contributed by atoms with Gasteiger partial charge in [0.1, 0.15) is 6.54 Å². The van der Waals surface area contributed by atoms with Gasteiger partial charge in [-0.3, -0.25) is 9.78 Å². The molecule has 132 valence electrons. The first kappa shape index (κ1) is 17.2. The van der Waals surface area contributed by atoms with Crippen molar-refractivity contribution in [2.75, 3.05) is 19.8 Å². The zero-order chi connectivity index (χ0) is 17.2. The lowest BCUT2D eigenvalue weighted by molar-refractivity contribution is -0.171. The second-order valence-corrected chi connectivity index (χ2v) is 6.44. The van der Waals surface area contributed by atoms with Crippen LogP contribution < -0.4 is 0 Å². The zero-order valence-electron chi connectivity index (χ0n) is 13.4. The van der Waals surface area contributed by atoms with Crippen molar-refractivity contribution in [2.24, 2.45) is 0 Å². The van der Waals surface area contributed by atoms with Crippen molar-refractivity contribution < 1.29 is 22.7 Å². The molecule has 1 saturated heterocycles. The molecule has 0 bridgehead atoms. The first-order valence-corrected chi connectivity index (χ1v) is 8.34. The van der Waals surface area contributed by atoms with Gasteiger partial charge in [-0.25, -0.2) is 0 Å². The maximum Gasteiger partial charge on any atom is 0.406 e. The molecular weight excluding hydrogens is 321 g/mol. The van der Waals surface area contributed by atoms with Crippen molar-refractivity contribution in [3.63, 3.8) is 0 Å². The minimum atomic E-state index is -4.42. The van der Waals surface area contributed by atoms with Gasteiger partial charge in [0.05, 0.1) is 24.3 Å². The minimum Gasteiger partial charge on any atom is -0.379 e. The van der Waals surface area contributed by atoms with Crippen LogP contribution in [0.15, 0.2) is 18.3 Å². The summed E-state index contributed by atoms with van der Waals surface area (Å²) in [6.07, 6.45) is 0.548. The lowest BCUT2D eigenvalue weighted by Crippen LogP contribution is -2.51. The summed E-state index contributed by atoms with van der Waals surface area (Å²) in [6, 6.07) is 3.19. The van der Waals surface area contributed by atoms with Gasteiger partial charge in [0, 0.05) is 12.8 Å². The molecule has 0 saturated carbocycles. The van der Waals surface area contributed by atoms with E-state index in [1.807, 2.05) is 6.07 Å². The number of nitrogens with zero attached hydrogens (tertiary/aromatic N) is 2. The van der Waals surface area contributed by atoms with Crippen molar-refractivity contribution in [1.82, 2.24) is 9.88 Å². The molecule has 0 radical (unpaired) electrons. The first-order valence-electron chi connectivity index (χ1n) is 8.34. The van der Waals surface area contributed by atoms with E-state index in [2.05, 4.69) is 4.98 Å². The topological polar surface area (TPSA) is 42.4 Å². The SMILES string of the molecule is O=C([C@H]1CCCc2cccnc21)N(CC(F)(F)F)[C@@H]1CCCOC1. The van der Waals surface area contributed by atoms with Crippen LogP contribution in [0.2, 0.25) is 0 Å². The molecule has 24 heavy (non-hydrogen) atoms. The molecule has 3 rings (SSSR count). The number of alkyl halides is 3. The van der Waals surface area contributed by atoms with E-state index in [0.29, 0.717) is 31.6 Å². The van der Waals surface area contributed by atoms with Crippen LogP contribution in [0.5, 0.6) is 0 Å². The van der Waals surface area contributed by atoms with E-state index in [1.54, 1.807) is 12.3 Å². The molecule has 2 aliphatic rings. The lowest BCUT2D eigenvalue weighted by atomic mass is 9.85. The molecular formula is C17H21F3N2O2. The summed E-state index contributed by atoms with van der Waals surface area (Å²) in [5.74, 6) is -1.05. The summed E-state index contributed by atoms with van der Waals surface area (Å²) < 4.78 is 44.4. The number of pyridine rings is 1. The summed E-state index contributed by atoms with van der Waals surface area (Å²) in [6.45, 7) is -0.513. The van der Waals surface area contributed by atoms with Gasteiger partial charge in [-0.1, -0.05) is 6.07 Å². The number of ether oxygens (including phenoxy) is 1. The van der Waals surface area contributed by atoms with E-state index in [-0.39, 0.29) is 6.61 Å². The standard InChI is InChI=1S/C17H21F3N2O2/c18-17(19,20)11-22(13-6-3-9-24-10-13)16(23)14-7-1-4-12-5-2-8-21-15(12)14/h2,5,8,13-14H,1,3-4,6-7,9-11H2/t13-,14+/m1/s1. The number of hydrogen-bond acceptors (Lipinski definition) is 3. The predicted molar refractivity (Wildman–Crippen MR) is 81.5 cm³/mol. The third kappa shape index (κ3) is 3.88. The molecule has 7 heteroatoms. The predicted octanol–water partition coefficient (Wildman–Crippen LogP) is 3.07. The second kappa shape index (κ2) is 7.09. The van der Waals surface area contributed by atoms with E-state index in [9.17, 15) is 18.0 Å². The summed E-state index contributed by atoms with van der Waals surface area (Å²) in [5, 5.41) is 0. The van der Waals surface area contributed by atoms with Gasteiger partial charge < -0.3 is 9.64 Å². The Labute approximate surface area is 139 Å². The zero-order valence-corrected chi connectivity index (χ0v) is 13.4. The maximum atomic E-state index is 13.0. The summed E-state index contributed by atoms with van der Waals surface area (Å²) >= 11 is 0. The highest BCUT2D eigenvalue weighted by Gasteiger charge is 2.41. The Morgan fingerprint density at radius 3 is 2.88 bits per heavy atom. The Morgan fingerprint density at radius 2 is 2.17 bits per heavy atom. The molecule has 1 amide bonds. The summed E-state index contributed by atoms with van der Waals surface area (Å²) in [4.78, 5) is 18.2. The first-order chi connectivity index (χ1) is 11.5. The van der Waals surface area contributed by atoms with Crippen molar-refractivity contribution in [3.05, 3.63) is 29.6 Å². The fourth-order valence-electron chi connectivity index (χ4n) is 3.60. The van der Waals surface area contributed by atoms with Crippen molar-refractivity contribution >= 4 is 5.91 Å². The van der Waals surface area contributed by atoms with Crippen LogP contribution >= 0.6 is 0 Å². The monoisotopic (exact) mass is 342 g/mol. The second-order valence-electron chi connectivity index (χ2n) is 6.44. The Hall–Kier alpha value is -1.63. The quantitative estimate of drug-likeness (QED) is 0.848. The molecule has 0 aromatic carbocycles. The highest BCUT2D eigenvalue weighted by molar-refractivity contribution is 5.84. The fourth-order valence-corrected chi connectivity index (χ4v) is 3.60. The van der Waals surface area contributed by atoms with Crippen LogP contribution in [0.4, 0.5) is 13.2 Å². The average molecular weight is 342 g/mol. The summed E-state index contributed by atoms with van der Waals surface area (Å²) in [5.41, 5.74) is 1.60. The summed E-state index contributed by atoms with van der Waals surface area (Å²) in [7, 11) is 0. The molecule has 0 unspecified atom stereocenters. The van der Waals surface area contributed by atoms with E-state index in [0.717, 1.165) is 23.3 Å². The highest BCUT2D eigenvalue weighted by Crippen LogP contribution is 2.33. The molecule has 1 aromatic heterocycles. The van der Waals surface area contributed by atoms with Gasteiger partial charge in [-0.2, -0.15) is 13.2 Å². The van der Waals surface area contributed by atoms with Crippen LogP contribution in [0.25, 0.3) is 0 Å². The fraction of sp³-hybridized carbons (Fsp3) is 0.647. The van der Waals surface area contributed by atoms with Gasteiger partial charge in [-0.15, -0.1) is 0 Å². The number of halogens is 3. The van der Waals surface area contributed by atoms with Crippen molar-refractivity contribution in [3.8, 4) is 0 Å². The number of rotatable bonds is 3. The van der Waals surface area contributed by atoms with Gasteiger partial charge in [0.15, 0.2) is 0 Å². The van der Waals surface area contributed by atoms with E-state index in [4.69, 9.17) is 4.74 Å². The molecule has 2 heterocycles. The Bertz CT molecular complexity index is 585. The average Bonchev–Trinajstić information content (AvgIpc) is 2.58. The van der Waals surface area contributed by atoms with Crippen molar-refractivity contribution in [1.29, 1.82) is 0 Å². The third-order valence-corrected chi connectivity index (χ3v) is 4.70. The van der Waals surface area contributed by atoms with Gasteiger partial charge in [0.2, 0.25) is 5.91 Å². The molecule has 4 nitrogen and oxygen atoms in total. The van der Waals surface area contributed by atoms with Gasteiger partial charge in [-0.05, 0) is 43.7 Å². The molecule has 1 aromatic rings. The highest BCUT2D eigenvalue weighted by atomic mass is 19.4. The van der Waals surface area contributed by atoms with Gasteiger partial charge in [0.25, 0.3) is 0 Å². The molecule has 2 atom stereocenters. The molecule has 1 fully saturated rings. The molecule has 0 N–H and O–H groups in total. The van der Waals surface area contributed by atoms with Crippen LogP contribution in [0.3, 0.4) is 0 Å². The molecule has 1 aliphatic carbocycles. The van der Waals surface area contributed by atoms with E-state index >= 15 is 0 Å². The number of carbonyl (C=O) groups is 1. The lowest BCUT2D eigenvalue weighted by Gasteiger charge is -2.37. The number of aromatic nitrogens is 1. The minimum absolute atomic E-state index is 0.170. The largest absolute Gasteiger partial charge is 0.406 e. The van der Waals surface area contributed by atoms with Gasteiger partial charge >= 0.3 is 6.18 Å². The number of carbonyl (C=O) groups excluding carboxylic acids is 1. The number of aryl methyl sites for hydroxylation is 1. The van der Waals surface area contributed by atoms with Crippen molar-refractivity contribution in [2.45, 2.75) is 50.2 Å². The van der Waals surface area contributed by atoms with E-state index in [1.165, 1.54) is 0 Å². The maximum absolute atomic E-state index is 13.0. The Balaban J connectivity index is 1.85. The van der Waals surface area contributed by atoms with Crippen LogP contribution in [0.1, 0.15) is 42.9 Å². The number of amides is 1. The molecule has 1 aliphatic heterocycles.